The van der Waals surface area contributed by atoms with Gasteiger partial charge in [-0.3, -0.25) is 0 Å². The van der Waals surface area contributed by atoms with Gasteiger partial charge in [0.2, 0.25) is 5.89 Å². The van der Waals surface area contributed by atoms with Crippen LogP contribution in [0.15, 0.2) is 179 Å². The van der Waals surface area contributed by atoms with Crippen molar-refractivity contribution >= 4 is 71.6 Å². The summed E-state index contributed by atoms with van der Waals surface area (Å²) < 4.78 is 12.7. The maximum Gasteiger partial charge on any atom is 0.227 e. The molecule has 4 nitrogen and oxygen atoms in total. The molecule has 2 aromatic heterocycles. The molecule has 0 spiro atoms. The van der Waals surface area contributed by atoms with Gasteiger partial charge >= 0.3 is 0 Å². The Hall–Kier alpha value is -6.65. The molecule has 0 saturated carbocycles. The summed E-state index contributed by atoms with van der Waals surface area (Å²) in [6.07, 6.45) is 0. The van der Waals surface area contributed by atoms with E-state index in [4.69, 9.17) is 13.8 Å². The van der Waals surface area contributed by atoms with Gasteiger partial charge in [-0.1, -0.05) is 109 Å². The summed E-state index contributed by atoms with van der Waals surface area (Å²) in [6, 6.07) is 59.4. The molecule has 0 atom stereocenters. The van der Waals surface area contributed by atoms with E-state index < -0.39 is 0 Å². The van der Waals surface area contributed by atoms with Crippen LogP contribution in [-0.4, -0.2) is 4.98 Å². The van der Waals surface area contributed by atoms with Gasteiger partial charge in [-0.25, -0.2) is 4.98 Å². The fourth-order valence-corrected chi connectivity index (χ4v) is 7.19. The van der Waals surface area contributed by atoms with Crippen molar-refractivity contribution in [3.63, 3.8) is 0 Å². The van der Waals surface area contributed by atoms with Crippen LogP contribution in [0.1, 0.15) is 0 Å². The lowest BCUT2D eigenvalue weighted by Crippen LogP contribution is -2.10. The Bertz CT molecular complexity index is 2830. The summed E-state index contributed by atoms with van der Waals surface area (Å²) >= 11 is 0. The average Bonchev–Trinajstić information content (AvgIpc) is 3.77. The smallest absolute Gasteiger partial charge is 0.227 e. The monoisotopic (exact) mass is 628 g/mol. The number of fused-ring (bicyclic) bond motifs is 8. The number of hydrogen-bond donors (Lipinski definition) is 0. The Morgan fingerprint density at radius 2 is 1.06 bits per heavy atom. The number of hydrogen-bond acceptors (Lipinski definition) is 4. The molecular formula is C45H28N2O2. The second-order valence-corrected chi connectivity index (χ2v) is 12.4. The molecule has 0 bridgehead atoms. The number of anilines is 3. The van der Waals surface area contributed by atoms with Crippen LogP contribution in [0, 0.1) is 0 Å². The van der Waals surface area contributed by atoms with Crippen molar-refractivity contribution in [2.24, 2.45) is 0 Å². The Morgan fingerprint density at radius 1 is 0.408 bits per heavy atom. The van der Waals surface area contributed by atoms with E-state index in [2.05, 4.69) is 132 Å². The number of aromatic nitrogens is 1. The molecule has 10 rings (SSSR count). The van der Waals surface area contributed by atoms with Gasteiger partial charge in [0.1, 0.15) is 16.7 Å². The highest BCUT2D eigenvalue weighted by atomic mass is 16.4. The third-order valence-electron chi connectivity index (χ3n) is 9.45. The molecule has 4 heteroatoms. The van der Waals surface area contributed by atoms with E-state index >= 15 is 0 Å². The minimum absolute atomic E-state index is 0.593. The van der Waals surface area contributed by atoms with Crippen molar-refractivity contribution in [3.8, 4) is 22.6 Å². The second kappa shape index (κ2) is 11.0. The lowest BCUT2D eigenvalue weighted by atomic mass is 9.98. The van der Waals surface area contributed by atoms with Gasteiger partial charge < -0.3 is 13.7 Å². The zero-order chi connectivity index (χ0) is 32.3. The number of oxazole rings is 1. The third-order valence-corrected chi connectivity index (χ3v) is 9.45. The zero-order valence-electron chi connectivity index (χ0n) is 26.4. The lowest BCUT2D eigenvalue weighted by molar-refractivity contribution is 0.619. The van der Waals surface area contributed by atoms with Gasteiger partial charge in [-0.2, -0.15) is 0 Å². The molecule has 0 amide bonds. The highest BCUT2D eigenvalue weighted by molar-refractivity contribution is 6.18. The van der Waals surface area contributed by atoms with Crippen molar-refractivity contribution in [1.82, 2.24) is 4.98 Å². The zero-order valence-corrected chi connectivity index (χ0v) is 26.4. The SMILES string of the molecule is c1ccc(-c2cccc(N(c3ccc4oc5ccc6oc(-c7ccccc7)nc6c5c4c3)c3cc4ccccc4c4ccccc34)c2)cc1. The largest absolute Gasteiger partial charge is 0.456 e. The molecule has 8 aromatic carbocycles. The first-order chi connectivity index (χ1) is 24.3. The summed E-state index contributed by atoms with van der Waals surface area (Å²) in [5.74, 6) is 0.593. The van der Waals surface area contributed by atoms with E-state index in [0.29, 0.717) is 5.89 Å². The lowest BCUT2D eigenvalue weighted by Gasteiger charge is -2.28. The Kier molecular flexibility index (Phi) is 6.15. The van der Waals surface area contributed by atoms with Crippen LogP contribution in [0.5, 0.6) is 0 Å². The molecule has 49 heavy (non-hydrogen) atoms. The molecule has 230 valence electrons. The standard InChI is InChI=1S/C45H28N2O2/c1-3-12-29(13-4-1)31-17-11-18-33(26-31)47(39-27-32-16-7-8-19-35(32)36-20-9-10-21-37(36)39)34-22-23-40-38(28-34)43-41(48-40)24-25-42-44(43)46-45(49-42)30-14-5-2-6-15-30/h1-28H. The number of nitrogens with zero attached hydrogens (tertiary/aromatic N) is 2. The normalized spacial score (nSPS) is 11.7. The van der Waals surface area contributed by atoms with E-state index in [1.807, 2.05) is 42.5 Å². The molecule has 0 unspecified atom stereocenters. The van der Waals surface area contributed by atoms with E-state index in [9.17, 15) is 0 Å². The molecule has 0 saturated heterocycles. The van der Waals surface area contributed by atoms with Crippen LogP contribution >= 0.6 is 0 Å². The molecule has 0 fully saturated rings. The minimum Gasteiger partial charge on any atom is -0.456 e. The van der Waals surface area contributed by atoms with Crippen molar-refractivity contribution in [1.29, 1.82) is 0 Å². The molecule has 0 aliphatic carbocycles. The first-order valence-corrected chi connectivity index (χ1v) is 16.5. The number of furan rings is 1. The topological polar surface area (TPSA) is 42.4 Å². The van der Waals surface area contributed by atoms with Crippen LogP contribution in [0.4, 0.5) is 17.1 Å². The fraction of sp³-hybridized carbons (Fsp3) is 0. The molecule has 0 radical (unpaired) electrons. The van der Waals surface area contributed by atoms with Gasteiger partial charge in [0.15, 0.2) is 5.58 Å². The van der Waals surface area contributed by atoms with Gasteiger partial charge in [-0.15, -0.1) is 0 Å². The summed E-state index contributed by atoms with van der Waals surface area (Å²) in [5, 5.41) is 6.75. The molecule has 10 aromatic rings. The first kappa shape index (κ1) is 27.5. The summed E-state index contributed by atoms with van der Waals surface area (Å²) in [5.41, 5.74) is 9.55. The Morgan fingerprint density at radius 3 is 1.90 bits per heavy atom. The Labute approximate surface area is 282 Å². The number of rotatable bonds is 5. The van der Waals surface area contributed by atoms with E-state index in [0.717, 1.165) is 61.2 Å². The predicted molar refractivity (Wildman–Crippen MR) is 202 cm³/mol. The van der Waals surface area contributed by atoms with Crippen molar-refractivity contribution in [3.05, 3.63) is 170 Å². The summed E-state index contributed by atoms with van der Waals surface area (Å²) in [7, 11) is 0. The highest BCUT2D eigenvalue weighted by Crippen LogP contribution is 2.45. The minimum atomic E-state index is 0.593. The first-order valence-electron chi connectivity index (χ1n) is 16.5. The molecule has 0 aliphatic heterocycles. The number of benzene rings is 8. The van der Waals surface area contributed by atoms with Crippen LogP contribution in [0.25, 0.3) is 77.2 Å². The average molecular weight is 629 g/mol. The van der Waals surface area contributed by atoms with Crippen molar-refractivity contribution < 1.29 is 8.83 Å². The molecule has 2 heterocycles. The second-order valence-electron chi connectivity index (χ2n) is 12.4. The molecular weight excluding hydrogens is 601 g/mol. The molecule has 0 N–H and O–H groups in total. The van der Waals surface area contributed by atoms with Crippen LogP contribution in [0.2, 0.25) is 0 Å². The van der Waals surface area contributed by atoms with E-state index in [1.165, 1.54) is 27.1 Å². The van der Waals surface area contributed by atoms with Crippen LogP contribution < -0.4 is 4.90 Å². The van der Waals surface area contributed by atoms with Crippen LogP contribution in [-0.2, 0) is 0 Å². The quantitative estimate of drug-likeness (QED) is 0.178. The van der Waals surface area contributed by atoms with Gasteiger partial charge in [0.25, 0.3) is 0 Å². The third kappa shape index (κ3) is 4.49. The van der Waals surface area contributed by atoms with Gasteiger partial charge in [0, 0.05) is 27.7 Å². The summed E-state index contributed by atoms with van der Waals surface area (Å²) in [6.45, 7) is 0. The Balaban J connectivity index is 1.25. The van der Waals surface area contributed by atoms with Gasteiger partial charge in [-0.05, 0) is 87.9 Å². The maximum absolute atomic E-state index is 6.43. The van der Waals surface area contributed by atoms with Crippen molar-refractivity contribution in [2.75, 3.05) is 4.90 Å². The fourth-order valence-electron chi connectivity index (χ4n) is 7.19. The van der Waals surface area contributed by atoms with Crippen LogP contribution in [0.3, 0.4) is 0 Å². The van der Waals surface area contributed by atoms with E-state index in [-0.39, 0.29) is 0 Å². The molecule has 0 aliphatic rings. The highest BCUT2D eigenvalue weighted by Gasteiger charge is 2.21. The van der Waals surface area contributed by atoms with Crippen molar-refractivity contribution in [2.45, 2.75) is 0 Å². The summed E-state index contributed by atoms with van der Waals surface area (Å²) in [4.78, 5) is 7.38. The van der Waals surface area contributed by atoms with Gasteiger partial charge in [0.05, 0.1) is 11.1 Å². The predicted octanol–water partition coefficient (Wildman–Crippen LogP) is 12.8. The van der Waals surface area contributed by atoms with E-state index in [1.54, 1.807) is 0 Å². The maximum atomic E-state index is 6.43.